The second-order valence-corrected chi connectivity index (χ2v) is 4.00. The van der Waals surface area contributed by atoms with Crippen molar-refractivity contribution in [1.29, 1.82) is 0 Å². The van der Waals surface area contributed by atoms with Crippen molar-refractivity contribution < 1.29 is 19.1 Å². The minimum atomic E-state index is -0.631. The third-order valence-corrected chi connectivity index (χ3v) is 2.74. The van der Waals surface area contributed by atoms with Gasteiger partial charge in [0.15, 0.2) is 5.78 Å². The van der Waals surface area contributed by atoms with E-state index in [0.29, 0.717) is 19.6 Å². The second-order valence-electron chi connectivity index (χ2n) is 4.00. The fraction of sp³-hybridized carbons (Fsp3) is 0.833. The molecule has 1 aliphatic heterocycles. The molecule has 2 atom stereocenters. The fourth-order valence-electron chi connectivity index (χ4n) is 1.93. The van der Waals surface area contributed by atoms with Crippen molar-refractivity contribution in [2.24, 2.45) is 5.92 Å². The van der Waals surface area contributed by atoms with Gasteiger partial charge in [-0.25, -0.2) is 0 Å². The first-order chi connectivity index (χ1) is 7.70. The van der Waals surface area contributed by atoms with Crippen molar-refractivity contribution in [2.75, 3.05) is 13.2 Å². The molecule has 0 bridgehead atoms. The van der Waals surface area contributed by atoms with Crippen molar-refractivity contribution in [2.45, 2.75) is 45.6 Å². The van der Waals surface area contributed by atoms with Crippen LogP contribution in [0.2, 0.25) is 0 Å². The predicted octanol–water partition coefficient (Wildman–Crippen LogP) is 1.71. The zero-order chi connectivity index (χ0) is 12.0. The molecule has 4 heteroatoms. The molecule has 92 valence electrons. The molecule has 0 amide bonds. The largest absolute Gasteiger partial charge is 0.465 e. The molecular weight excluding hydrogens is 208 g/mol. The zero-order valence-corrected chi connectivity index (χ0v) is 10.0. The number of ether oxygens (including phenoxy) is 2. The molecular formula is C12H20O4. The number of carbonyl (C=O) groups is 2. The van der Waals surface area contributed by atoms with Gasteiger partial charge in [-0.1, -0.05) is 13.3 Å². The van der Waals surface area contributed by atoms with E-state index in [1.165, 1.54) is 0 Å². The van der Waals surface area contributed by atoms with Crippen LogP contribution in [-0.4, -0.2) is 31.1 Å². The average molecular weight is 228 g/mol. The topological polar surface area (TPSA) is 52.6 Å². The molecule has 0 aromatic rings. The predicted molar refractivity (Wildman–Crippen MR) is 59.0 cm³/mol. The van der Waals surface area contributed by atoms with E-state index >= 15 is 0 Å². The van der Waals surface area contributed by atoms with Gasteiger partial charge in [0.1, 0.15) is 12.0 Å². The Labute approximate surface area is 96.3 Å². The van der Waals surface area contributed by atoms with Gasteiger partial charge in [-0.15, -0.1) is 0 Å². The maximum Gasteiger partial charge on any atom is 0.316 e. The van der Waals surface area contributed by atoms with Crippen molar-refractivity contribution in [3.05, 3.63) is 0 Å². The summed E-state index contributed by atoms with van der Waals surface area (Å²) in [4.78, 5) is 23.7. The Morgan fingerprint density at radius 2 is 2.19 bits per heavy atom. The second kappa shape index (κ2) is 6.63. The molecule has 1 aliphatic rings. The van der Waals surface area contributed by atoms with Crippen LogP contribution in [0.25, 0.3) is 0 Å². The number of ketones is 1. The number of hydrogen-bond donors (Lipinski definition) is 0. The first-order valence-electron chi connectivity index (χ1n) is 6.02. The highest BCUT2D eigenvalue weighted by molar-refractivity contribution is 6.01. The van der Waals surface area contributed by atoms with E-state index in [0.717, 1.165) is 19.3 Å². The van der Waals surface area contributed by atoms with E-state index in [1.807, 2.05) is 6.92 Å². The number of esters is 1. The summed E-state index contributed by atoms with van der Waals surface area (Å²) in [6.45, 7) is 4.64. The Kier molecular flexibility index (Phi) is 5.46. The van der Waals surface area contributed by atoms with Crippen LogP contribution in [0.3, 0.4) is 0 Å². The van der Waals surface area contributed by atoms with E-state index in [4.69, 9.17) is 9.47 Å². The van der Waals surface area contributed by atoms with Crippen LogP contribution < -0.4 is 0 Å². The van der Waals surface area contributed by atoms with Gasteiger partial charge in [-0.05, 0) is 26.2 Å². The van der Waals surface area contributed by atoms with Crippen LogP contribution in [0.15, 0.2) is 0 Å². The quantitative estimate of drug-likeness (QED) is 0.513. The van der Waals surface area contributed by atoms with Crippen molar-refractivity contribution in [3.63, 3.8) is 0 Å². The summed E-state index contributed by atoms with van der Waals surface area (Å²) in [6.07, 6.45) is 2.59. The Balaban J connectivity index is 2.60. The van der Waals surface area contributed by atoms with Crippen molar-refractivity contribution in [1.82, 2.24) is 0 Å². The number of hydrogen-bond acceptors (Lipinski definition) is 4. The maximum absolute atomic E-state index is 12.0. The first-order valence-corrected chi connectivity index (χ1v) is 6.02. The monoisotopic (exact) mass is 228 g/mol. The SMILES string of the molecule is CCCC(C(=O)OCC)C(=O)C1CCCO1. The van der Waals surface area contributed by atoms with Gasteiger partial charge < -0.3 is 9.47 Å². The smallest absolute Gasteiger partial charge is 0.316 e. The van der Waals surface area contributed by atoms with Gasteiger partial charge in [0.2, 0.25) is 0 Å². The number of Topliss-reactive ketones (excluding diaryl/α,β-unsaturated/α-hetero) is 1. The Bertz CT molecular complexity index is 243. The zero-order valence-electron chi connectivity index (χ0n) is 10.0. The molecule has 4 nitrogen and oxygen atoms in total. The van der Waals surface area contributed by atoms with Gasteiger partial charge in [0.25, 0.3) is 0 Å². The Morgan fingerprint density at radius 3 is 2.69 bits per heavy atom. The van der Waals surface area contributed by atoms with Crippen LogP contribution in [0.4, 0.5) is 0 Å². The third kappa shape index (κ3) is 3.30. The highest BCUT2D eigenvalue weighted by atomic mass is 16.5. The Morgan fingerprint density at radius 1 is 1.44 bits per heavy atom. The van der Waals surface area contributed by atoms with Gasteiger partial charge in [-0.2, -0.15) is 0 Å². The summed E-state index contributed by atoms with van der Waals surface area (Å²) < 4.78 is 10.2. The highest BCUT2D eigenvalue weighted by Crippen LogP contribution is 2.20. The Hall–Kier alpha value is -0.900. The summed E-state index contributed by atoms with van der Waals surface area (Å²) >= 11 is 0. The number of rotatable bonds is 6. The molecule has 0 radical (unpaired) electrons. The summed E-state index contributed by atoms with van der Waals surface area (Å²) in [6, 6.07) is 0. The fourth-order valence-corrected chi connectivity index (χ4v) is 1.93. The third-order valence-electron chi connectivity index (χ3n) is 2.74. The molecule has 2 unspecified atom stereocenters. The van der Waals surface area contributed by atoms with Crippen LogP contribution in [0.1, 0.15) is 39.5 Å². The van der Waals surface area contributed by atoms with Crippen molar-refractivity contribution in [3.8, 4) is 0 Å². The normalized spacial score (nSPS) is 21.8. The van der Waals surface area contributed by atoms with E-state index in [9.17, 15) is 9.59 Å². The van der Waals surface area contributed by atoms with E-state index in [-0.39, 0.29) is 11.9 Å². The molecule has 1 saturated heterocycles. The maximum atomic E-state index is 12.0. The molecule has 16 heavy (non-hydrogen) atoms. The van der Waals surface area contributed by atoms with E-state index < -0.39 is 11.9 Å². The van der Waals surface area contributed by atoms with E-state index in [2.05, 4.69) is 0 Å². The first kappa shape index (κ1) is 13.2. The van der Waals surface area contributed by atoms with Gasteiger partial charge in [-0.3, -0.25) is 9.59 Å². The summed E-state index contributed by atoms with van der Waals surface area (Å²) in [5, 5.41) is 0. The van der Waals surface area contributed by atoms with Gasteiger partial charge in [0, 0.05) is 6.61 Å². The lowest BCUT2D eigenvalue weighted by molar-refractivity contribution is -0.154. The van der Waals surface area contributed by atoms with Crippen LogP contribution in [0, 0.1) is 5.92 Å². The number of carbonyl (C=O) groups excluding carboxylic acids is 2. The molecule has 1 heterocycles. The van der Waals surface area contributed by atoms with Crippen LogP contribution in [0.5, 0.6) is 0 Å². The minimum Gasteiger partial charge on any atom is -0.465 e. The summed E-state index contributed by atoms with van der Waals surface area (Å²) in [5.74, 6) is -1.13. The lowest BCUT2D eigenvalue weighted by atomic mass is 9.94. The van der Waals surface area contributed by atoms with Gasteiger partial charge in [0.05, 0.1) is 6.61 Å². The lowest BCUT2D eigenvalue weighted by Gasteiger charge is -2.17. The van der Waals surface area contributed by atoms with Gasteiger partial charge >= 0.3 is 5.97 Å². The molecule has 1 fully saturated rings. The molecule has 1 rings (SSSR count). The van der Waals surface area contributed by atoms with Crippen LogP contribution in [-0.2, 0) is 19.1 Å². The average Bonchev–Trinajstić information content (AvgIpc) is 2.78. The van der Waals surface area contributed by atoms with E-state index in [1.54, 1.807) is 6.92 Å². The molecule has 0 N–H and O–H groups in total. The standard InChI is InChI=1S/C12H20O4/c1-3-6-9(12(14)15-4-2)11(13)10-7-5-8-16-10/h9-10H,3-8H2,1-2H3. The molecule has 0 aliphatic carbocycles. The summed E-state index contributed by atoms with van der Waals surface area (Å²) in [7, 11) is 0. The molecule has 0 spiro atoms. The van der Waals surface area contributed by atoms with Crippen molar-refractivity contribution >= 4 is 11.8 Å². The lowest BCUT2D eigenvalue weighted by Crippen LogP contribution is -2.34. The summed E-state index contributed by atoms with van der Waals surface area (Å²) in [5.41, 5.74) is 0. The molecule has 0 saturated carbocycles. The highest BCUT2D eigenvalue weighted by Gasteiger charge is 2.34. The molecule has 0 aromatic carbocycles. The minimum absolute atomic E-state index is 0.0993. The molecule has 0 aromatic heterocycles. The van der Waals surface area contributed by atoms with Crippen LogP contribution >= 0.6 is 0 Å².